The van der Waals surface area contributed by atoms with Crippen LogP contribution in [0.4, 0.5) is 5.69 Å². The molecule has 0 saturated carbocycles. The van der Waals surface area contributed by atoms with E-state index < -0.39 is 21.6 Å². The summed E-state index contributed by atoms with van der Waals surface area (Å²) in [6, 6.07) is 6.52. The lowest BCUT2D eigenvalue weighted by molar-refractivity contribution is -0.112. The maximum Gasteiger partial charge on any atom is 0.294 e. The Hall–Kier alpha value is -2.41. The van der Waals surface area contributed by atoms with Gasteiger partial charge in [-0.2, -0.15) is 13.7 Å². The Labute approximate surface area is 134 Å². The first kappa shape index (κ1) is 18.6. The van der Waals surface area contributed by atoms with Crippen molar-refractivity contribution < 1.29 is 22.9 Å². The SMILES string of the molecule is CC(C)(CO)N/C=C(/C#N)C(=O)Nc1ccc(S(=O)(=O)O)cc1. The summed E-state index contributed by atoms with van der Waals surface area (Å²) in [5, 5.41) is 23.3. The number of anilines is 1. The van der Waals surface area contributed by atoms with Crippen molar-refractivity contribution in [3.05, 3.63) is 36.0 Å². The smallest absolute Gasteiger partial charge is 0.294 e. The van der Waals surface area contributed by atoms with Crippen LogP contribution in [0.3, 0.4) is 0 Å². The minimum Gasteiger partial charge on any atom is -0.394 e. The van der Waals surface area contributed by atoms with E-state index in [1.54, 1.807) is 19.9 Å². The van der Waals surface area contributed by atoms with Crippen LogP contribution in [-0.2, 0) is 14.9 Å². The summed E-state index contributed by atoms with van der Waals surface area (Å²) in [5.41, 5.74) is -0.658. The molecule has 0 bridgehead atoms. The van der Waals surface area contributed by atoms with Crippen LogP contribution in [0.1, 0.15) is 13.8 Å². The molecular weight excluding hydrogens is 322 g/mol. The van der Waals surface area contributed by atoms with Gasteiger partial charge in [0.05, 0.1) is 17.0 Å². The number of nitrogens with zero attached hydrogens (tertiary/aromatic N) is 1. The fraction of sp³-hybridized carbons (Fsp3) is 0.286. The number of amides is 1. The quantitative estimate of drug-likeness (QED) is 0.339. The van der Waals surface area contributed by atoms with Gasteiger partial charge >= 0.3 is 0 Å². The number of rotatable bonds is 6. The molecule has 4 N–H and O–H groups in total. The molecule has 1 amide bonds. The van der Waals surface area contributed by atoms with E-state index in [1.165, 1.54) is 18.3 Å². The highest BCUT2D eigenvalue weighted by atomic mass is 32.2. The van der Waals surface area contributed by atoms with Crippen molar-refractivity contribution in [2.45, 2.75) is 24.3 Å². The maximum atomic E-state index is 12.0. The Bertz CT molecular complexity index is 746. The zero-order valence-corrected chi connectivity index (χ0v) is 13.4. The Morgan fingerprint density at radius 3 is 2.35 bits per heavy atom. The second-order valence-corrected chi connectivity index (χ2v) is 6.73. The lowest BCUT2D eigenvalue weighted by Gasteiger charge is -2.22. The summed E-state index contributed by atoms with van der Waals surface area (Å²) < 4.78 is 30.7. The van der Waals surface area contributed by atoms with Crippen molar-refractivity contribution in [2.75, 3.05) is 11.9 Å². The van der Waals surface area contributed by atoms with Crippen molar-refractivity contribution in [1.82, 2.24) is 5.32 Å². The van der Waals surface area contributed by atoms with E-state index in [9.17, 15) is 13.2 Å². The van der Waals surface area contributed by atoms with E-state index in [4.69, 9.17) is 14.9 Å². The van der Waals surface area contributed by atoms with Crippen LogP contribution < -0.4 is 10.6 Å². The zero-order chi connectivity index (χ0) is 17.7. The summed E-state index contributed by atoms with van der Waals surface area (Å²) in [6.45, 7) is 3.18. The molecule has 0 aliphatic rings. The van der Waals surface area contributed by atoms with E-state index in [0.29, 0.717) is 0 Å². The number of carbonyl (C=O) groups is 1. The Morgan fingerprint density at radius 1 is 1.35 bits per heavy atom. The van der Waals surface area contributed by atoms with Crippen molar-refractivity contribution in [3.8, 4) is 6.07 Å². The molecule has 1 aromatic carbocycles. The first-order chi connectivity index (χ1) is 10.6. The van der Waals surface area contributed by atoms with Crippen molar-refractivity contribution in [2.24, 2.45) is 0 Å². The Morgan fingerprint density at radius 2 is 1.91 bits per heavy atom. The average Bonchev–Trinajstić information content (AvgIpc) is 2.47. The summed E-state index contributed by atoms with van der Waals surface area (Å²) in [4.78, 5) is 11.7. The second-order valence-electron chi connectivity index (χ2n) is 5.31. The first-order valence-electron chi connectivity index (χ1n) is 6.47. The van der Waals surface area contributed by atoms with Gasteiger partial charge in [-0.1, -0.05) is 0 Å². The summed E-state index contributed by atoms with van der Waals surface area (Å²) in [5.74, 6) is -0.701. The standard InChI is InChI=1S/C14H17N3O5S/c1-14(2,9-18)16-8-10(7-15)13(19)17-11-3-5-12(6-4-11)23(20,21)22/h3-6,8,16,18H,9H2,1-2H3,(H,17,19)(H,20,21,22)/b10-8-. The van der Waals surface area contributed by atoms with Gasteiger partial charge in [-0.15, -0.1) is 0 Å². The molecule has 1 aromatic rings. The molecule has 9 heteroatoms. The number of nitrogens with one attached hydrogen (secondary N) is 2. The van der Waals surface area contributed by atoms with E-state index >= 15 is 0 Å². The minimum absolute atomic E-state index is 0.194. The zero-order valence-electron chi connectivity index (χ0n) is 12.6. The highest BCUT2D eigenvalue weighted by Gasteiger charge is 2.16. The number of nitriles is 1. The lowest BCUT2D eigenvalue weighted by atomic mass is 10.1. The van der Waals surface area contributed by atoms with E-state index in [0.717, 1.165) is 12.1 Å². The highest BCUT2D eigenvalue weighted by molar-refractivity contribution is 7.85. The van der Waals surface area contributed by atoms with Crippen LogP contribution in [0.15, 0.2) is 40.9 Å². The van der Waals surface area contributed by atoms with Crippen molar-refractivity contribution >= 4 is 21.7 Å². The molecule has 0 unspecified atom stereocenters. The molecule has 0 saturated heterocycles. The van der Waals surface area contributed by atoms with E-state index in [-0.39, 0.29) is 22.8 Å². The third-order valence-electron chi connectivity index (χ3n) is 2.78. The van der Waals surface area contributed by atoms with Gasteiger partial charge in [0.15, 0.2) is 0 Å². The molecule has 0 spiro atoms. The number of aliphatic hydroxyl groups is 1. The lowest BCUT2D eigenvalue weighted by Crippen LogP contribution is -2.39. The van der Waals surface area contributed by atoms with Crippen molar-refractivity contribution in [3.63, 3.8) is 0 Å². The number of benzene rings is 1. The topological polar surface area (TPSA) is 140 Å². The third kappa shape index (κ3) is 5.71. The van der Waals surface area contributed by atoms with Gasteiger partial charge in [0.2, 0.25) is 0 Å². The Kier molecular flexibility index (Phi) is 5.86. The average molecular weight is 339 g/mol. The predicted octanol–water partition coefficient (Wildman–Crippen LogP) is 0.640. The Balaban J connectivity index is 2.85. The number of hydrogen-bond donors (Lipinski definition) is 4. The molecule has 0 aliphatic heterocycles. The van der Waals surface area contributed by atoms with Gasteiger partial charge in [0.25, 0.3) is 16.0 Å². The molecule has 8 nitrogen and oxygen atoms in total. The molecule has 0 fully saturated rings. The second kappa shape index (κ2) is 7.23. The van der Waals surface area contributed by atoms with Crippen LogP contribution in [0.5, 0.6) is 0 Å². The van der Waals surface area contributed by atoms with Gasteiger partial charge in [0, 0.05) is 11.9 Å². The van der Waals surface area contributed by atoms with Gasteiger partial charge < -0.3 is 15.7 Å². The molecule has 0 radical (unpaired) electrons. The number of hydrogen-bond acceptors (Lipinski definition) is 6. The van der Waals surface area contributed by atoms with Gasteiger partial charge in [-0.05, 0) is 38.1 Å². The molecule has 23 heavy (non-hydrogen) atoms. The predicted molar refractivity (Wildman–Crippen MR) is 82.9 cm³/mol. The van der Waals surface area contributed by atoms with Crippen LogP contribution in [0.2, 0.25) is 0 Å². The number of carbonyl (C=O) groups excluding carboxylic acids is 1. The minimum atomic E-state index is -4.31. The van der Waals surface area contributed by atoms with Crippen LogP contribution in [-0.4, -0.2) is 36.1 Å². The fourth-order valence-electron chi connectivity index (χ4n) is 1.37. The largest absolute Gasteiger partial charge is 0.394 e. The van der Waals surface area contributed by atoms with Crippen molar-refractivity contribution in [1.29, 1.82) is 5.26 Å². The molecule has 0 atom stereocenters. The maximum absolute atomic E-state index is 12.0. The normalized spacial score (nSPS) is 12.4. The van der Waals surface area contributed by atoms with Crippen LogP contribution in [0, 0.1) is 11.3 Å². The summed E-state index contributed by atoms with van der Waals surface area (Å²) in [7, 11) is -4.31. The van der Waals surface area contributed by atoms with Gasteiger partial charge in [-0.25, -0.2) is 0 Å². The van der Waals surface area contributed by atoms with Crippen LogP contribution >= 0.6 is 0 Å². The monoisotopic (exact) mass is 339 g/mol. The molecule has 0 aromatic heterocycles. The summed E-state index contributed by atoms with van der Waals surface area (Å²) >= 11 is 0. The highest BCUT2D eigenvalue weighted by Crippen LogP contribution is 2.14. The first-order valence-corrected chi connectivity index (χ1v) is 7.91. The molecule has 0 aliphatic carbocycles. The van der Waals surface area contributed by atoms with E-state index in [2.05, 4.69) is 10.6 Å². The van der Waals surface area contributed by atoms with Crippen LogP contribution in [0.25, 0.3) is 0 Å². The van der Waals surface area contributed by atoms with E-state index in [1.807, 2.05) is 0 Å². The third-order valence-corrected chi connectivity index (χ3v) is 3.65. The summed E-state index contributed by atoms with van der Waals surface area (Å²) in [6.07, 6.45) is 1.19. The fourth-order valence-corrected chi connectivity index (χ4v) is 1.85. The molecule has 124 valence electrons. The molecular formula is C14H17N3O5S. The molecule has 0 heterocycles. The van der Waals surface area contributed by atoms with Gasteiger partial charge in [0.1, 0.15) is 11.6 Å². The van der Waals surface area contributed by atoms with Gasteiger partial charge in [-0.3, -0.25) is 9.35 Å². The molecule has 1 rings (SSSR count). The number of aliphatic hydroxyl groups excluding tert-OH is 1.